The molecular weight excluding hydrogens is 419 g/mol. The summed E-state index contributed by atoms with van der Waals surface area (Å²) in [6.07, 6.45) is -0.454. The van der Waals surface area contributed by atoms with Crippen LogP contribution in [0.15, 0.2) is 18.2 Å². The van der Waals surface area contributed by atoms with E-state index >= 15 is 0 Å². The SMILES string of the molecule is CCNC(=O)Nc1ccc(-c2nc3c(c(N4CCOCC4)n2)CN(C(=O)OC)C3)c(F)c1. The standard InChI is InChI=1S/C21H25FN6O4/c1-3-23-20(29)24-13-4-5-14(16(22)10-13)18-25-17-12-28(21(30)31-2)11-15(17)19(26-18)27-6-8-32-9-7-27/h4-5,10H,3,6-9,11-12H2,1-2H3,(H2,23,24,29). The molecule has 170 valence electrons. The molecule has 2 aromatic rings. The van der Waals surface area contributed by atoms with Crippen molar-refractivity contribution in [2.24, 2.45) is 0 Å². The molecule has 32 heavy (non-hydrogen) atoms. The van der Waals surface area contributed by atoms with E-state index < -0.39 is 17.9 Å². The maximum absolute atomic E-state index is 15.0. The fourth-order valence-electron chi connectivity index (χ4n) is 3.76. The molecular formula is C21H25FN6O4. The molecule has 2 N–H and O–H groups in total. The van der Waals surface area contributed by atoms with Crippen molar-refractivity contribution in [1.29, 1.82) is 0 Å². The molecule has 2 aliphatic rings. The van der Waals surface area contributed by atoms with Gasteiger partial charge in [-0.2, -0.15) is 0 Å². The Morgan fingerprint density at radius 3 is 2.69 bits per heavy atom. The van der Waals surface area contributed by atoms with Crippen molar-refractivity contribution >= 4 is 23.6 Å². The van der Waals surface area contributed by atoms with Crippen molar-refractivity contribution in [3.8, 4) is 11.4 Å². The van der Waals surface area contributed by atoms with Crippen LogP contribution in [0.3, 0.4) is 0 Å². The van der Waals surface area contributed by atoms with Gasteiger partial charge in [0.25, 0.3) is 0 Å². The number of carbonyl (C=O) groups is 2. The number of carbonyl (C=O) groups excluding carboxylic acids is 2. The summed E-state index contributed by atoms with van der Waals surface area (Å²) in [5.41, 5.74) is 2.02. The lowest BCUT2D eigenvalue weighted by Crippen LogP contribution is -2.37. The molecule has 1 aromatic heterocycles. The first-order chi connectivity index (χ1) is 15.5. The van der Waals surface area contributed by atoms with E-state index in [1.54, 1.807) is 13.0 Å². The summed E-state index contributed by atoms with van der Waals surface area (Å²) < 4.78 is 25.3. The number of hydrogen-bond donors (Lipinski definition) is 2. The number of ether oxygens (including phenoxy) is 2. The highest BCUT2D eigenvalue weighted by atomic mass is 19.1. The third kappa shape index (κ3) is 4.42. The number of urea groups is 1. The third-order valence-corrected chi connectivity index (χ3v) is 5.31. The van der Waals surface area contributed by atoms with E-state index in [0.717, 1.165) is 5.56 Å². The molecule has 4 rings (SSSR count). The van der Waals surface area contributed by atoms with Crippen molar-refractivity contribution in [2.75, 3.05) is 50.2 Å². The second kappa shape index (κ2) is 9.35. The van der Waals surface area contributed by atoms with Gasteiger partial charge < -0.3 is 25.0 Å². The average molecular weight is 444 g/mol. The van der Waals surface area contributed by atoms with E-state index in [2.05, 4.69) is 25.5 Å². The molecule has 0 spiro atoms. The molecule has 11 heteroatoms. The van der Waals surface area contributed by atoms with Gasteiger partial charge >= 0.3 is 12.1 Å². The minimum absolute atomic E-state index is 0.209. The summed E-state index contributed by atoms with van der Waals surface area (Å²) in [7, 11) is 1.33. The second-order valence-corrected chi connectivity index (χ2v) is 7.40. The van der Waals surface area contributed by atoms with Gasteiger partial charge in [0.2, 0.25) is 0 Å². The maximum atomic E-state index is 15.0. The van der Waals surface area contributed by atoms with Gasteiger partial charge in [0.05, 0.1) is 44.7 Å². The zero-order valence-electron chi connectivity index (χ0n) is 18.0. The molecule has 0 bridgehead atoms. The number of halogens is 1. The molecule has 1 aromatic carbocycles. The summed E-state index contributed by atoms with van der Waals surface area (Å²) in [6, 6.07) is 3.95. The minimum Gasteiger partial charge on any atom is -0.453 e. The van der Waals surface area contributed by atoms with Gasteiger partial charge in [0, 0.05) is 30.9 Å². The number of nitrogens with zero attached hydrogens (tertiary/aromatic N) is 4. The Morgan fingerprint density at radius 1 is 1.22 bits per heavy atom. The number of anilines is 2. The average Bonchev–Trinajstić information content (AvgIpc) is 3.23. The Morgan fingerprint density at radius 2 is 2.00 bits per heavy atom. The van der Waals surface area contributed by atoms with Crippen LogP contribution in [-0.2, 0) is 22.6 Å². The minimum atomic E-state index is -0.560. The monoisotopic (exact) mass is 444 g/mol. The lowest BCUT2D eigenvalue weighted by Gasteiger charge is -2.29. The molecule has 0 unspecified atom stereocenters. The van der Waals surface area contributed by atoms with Crippen LogP contribution in [0.1, 0.15) is 18.2 Å². The van der Waals surface area contributed by atoms with Crippen LogP contribution >= 0.6 is 0 Å². The fourth-order valence-corrected chi connectivity index (χ4v) is 3.76. The Kier molecular flexibility index (Phi) is 6.35. The smallest absolute Gasteiger partial charge is 0.410 e. The number of hydrogen-bond acceptors (Lipinski definition) is 7. The first-order valence-corrected chi connectivity index (χ1v) is 10.4. The number of rotatable bonds is 4. The van der Waals surface area contributed by atoms with E-state index in [1.807, 2.05) is 0 Å². The van der Waals surface area contributed by atoms with Crippen molar-refractivity contribution in [1.82, 2.24) is 20.2 Å². The number of aromatic nitrogens is 2. The highest BCUT2D eigenvalue weighted by Crippen LogP contribution is 2.33. The maximum Gasteiger partial charge on any atom is 0.410 e. The number of fused-ring (bicyclic) bond motifs is 1. The van der Waals surface area contributed by atoms with Crippen molar-refractivity contribution in [3.05, 3.63) is 35.3 Å². The Bertz CT molecular complexity index is 1030. The molecule has 0 aliphatic carbocycles. The van der Waals surface area contributed by atoms with Crippen LogP contribution in [0.4, 0.5) is 25.5 Å². The van der Waals surface area contributed by atoms with Gasteiger partial charge in [-0.05, 0) is 25.1 Å². The second-order valence-electron chi connectivity index (χ2n) is 7.40. The van der Waals surface area contributed by atoms with E-state index in [4.69, 9.17) is 9.47 Å². The zero-order valence-corrected chi connectivity index (χ0v) is 18.0. The summed E-state index contributed by atoms with van der Waals surface area (Å²) in [5.74, 6) is 0.331. The Hall–Kier alpha value is -3.47. The third-order valence-electron chi connectivity index (χ3n) is 5.31. The lowest BCUT2D eigenvalue weighted by molar-refractivity contribution is 0.121. The number of nitrogens with one attached hydrogen (secondary N) is 2. The molecule has 3 heterocycles. The van der Waals surface area contributed by atoms with E-state index in [9.17, 15) is 14.0 Å². The Balaban J connectivity index is 1.69. The molecule has 10 nitrogen and oxygen atoms in total. The largest absolute Gasteiger partial charge is 0.453 e. The van der Waals surface area contributed by atoms with Crippen molar-refractivity contribution < 1.29 is 23.5 Å². The normalized spacial score (nSPS) is 15.3. The summed E-state index contributed by atoms with van der Waals surface area (Å²) >= 11 is 0. The van der Waals surface area contributed by atoms with Crippen LogP contribution in [0, 0.1) is 5.82 Å². The summed E-state index contributed by atoms with van der Waals surface area (Å²) in [6.45, 7) is 5.23. The first kappa shape index (κ1) is 21.8. The molecule has 1 fully saturated rings. The number of benzene rings is 1. The first-order valence-electron chi connectivity index (χ1n) is 10.4. The van der Waals surface area contributed by atoms with Gasteiger partial charge in [-0.3, -0.25) is 4.90 Å². The van der Waals surface area contributed by atoms with E-state index in [0.29, 0.717) is 56.6 Å². The van der Waals surface area contributed by atoms with E-state index in [1.165, 1.54) is 24.1 Å². The summed E-state index contributed by atoms with van der Waals surface area (Å²) in [5, 5.41) is 5.18. The predicted molar refractivity (Wildman–Crippen MR) is 115 cm³/mol. The van der Waals surface area contributed by atoms with Gasteiger partial charge in [0.1, 0.15) is 11.6 Å². The van der Waals surface area contributed by atoms with Gasteiger partial charge in [-0.1, -0.05) is 0 Å². The molecule has 2 aliphatic heterocycles. The highest BCUT2D eigenvalue weighted by Gasteiger charge is 2.31. The highest BCUT2D eigenvalue weighted by molar-refractivity contribution is 5.89. The quantitative estimate of drug-likeness (QED) is 0.745. The molecule has 0 radical (unpaired) electrons. The van der Waals surface area contributed by atoms with Crippen LogP contribution in [0.25, 0.3) is 11.4 Å². The molecule has 3 amide bonds. The van der Waals surface area contributed by atoms with Crippen LogP contribution in [-0.4, -0.2) is 67.0 Å². The molecule has 0 saturated carbocycles. The predicted octanol–water partition coefficient (Wildman–Crippen LogP) is 2.34. The lowest BCUT2D eigenvalue weighted by atomic mass is 10.1. The molecule has 1 saturated heterocycles. The van der Waals surface area contributed by atoms with Crippen LogP contribution in [0.2, 0.25) is 0 Å². The van der Waals surface area contributed by atoms with Gasteiger partial charge in [0.15, 0.2) is 5.82 Å². The fraction of sp³-hybridized carbons (Fsp3) is 0.429. The number of methoxy groups -OCH3 is 1. The van der Waals surface area contributed by atoms with Gasteiger partial charge in [-0.25, -0.2) is 23.9 Å². The zero-order chi connectivity index (χ0) is 22.7. The number of morpholine rings is 1. The summed E-state index contributed by atoms with van der Waals surface area (Å²) in [4.78, 5) is 36.6. The Labute approximate surface area is 184 Å². The topological polar surface area (TPSA) is 109 Å². The van der Waals surface area contributed by atoms with Gasteiger partial charge in [-0.15, -0.1) is 0 Å². The molecule has 0 atom stereocenters. The van der Waals surface area contributed by atoms with Crippen molar-refractivity contribution in [3.63, 3.8) is 0 Å². The van der Waals surface area contributed by atoms with Crippen LogP contribution < -0.4 is 15.5 Å². The van der Waals surface area contributed by atoms with Crippen molar-refractivity contribution in [2.45, 2.75) is 20.0 Å². The van der Waals surface area contributed by atoms with Crippen LogP contribution in [0.5, 0.6) is 0 Å². The van der Waals surface area contributed by atoms with E-state index in [-0.39, 0.29) is 17.9 Å². The number of amides is 3.